The van der Waals surface area contributed by atoms with Gasteiger partial charge in [-0.3, -0.25) is 9.78 Å². The van der Waals surface area contributed by atoms with Crippen molar-refractivity contribution in [2.45, 2.75) is 33.1 Å². The largest absolute Gasteiger partial charge is 0.469 e. The van der Waals surface area contributed by atoms with Gasteiger partial charge in [-0.05, 0) is 44.7 Å². The lowest BCUT2D eigenvalue weighted by atomic mass is 9.81. The molecule has 1 aliphatic heterocycles. The van der Waals surface area contributed by atoms with E-state index in [-0.39, 0.29) is 11.4 Å². The topological polar surface area (TPSA) is 68.2 Å². The summed E-state index contributed by atoms with van der Waals surface area (Å²) in [6.45, 7) is 5.58. The molecule has 1 aliphatic carbocycles. The Balaban J connectivity index is 1.73. The summed E-state index contributed by atoms with van der Waals surface area (Å²) in [7, 11) is 1.50. The third-order valence-corrected chi connectivity index (χ3v) is 6.05. The van der Waals surface area contributed by atoms with Gasteiger partial charge in [-0.25, -0.2) is 9.97 Å². The summed E-state index contributed by atoms with van der Waals surface area (Å²) in [5.41, 5.74) is 2.55. The van der Waals surface area contributed by atoms with Gasteiger partial charge in [-0.15, -0.1) is 0 Å². The van der Waals surface area contributed by atoms with E-state index in [9.17, 15) is 4.79 Å². The van der Waals surface area contributed by atoms with Crippen LogP contribution >= 0.6 is 0 Å². The van der Waals surface area contributed by atoms with Crippen LogP contribution in [0.3, 0.4) is 0 Å². The number of ether oxygens (including phenoxy) is 1. The van der Waals surface area contributed by atoms with Crippen LogP contribution in [-0.2, 0) is 9.53 Å². The second-order valence-electron chi connectivity index (χ2n) is 7.44. The Morgan fingerprint density at radius 1 is 1.35 bits per heavy atom. The highest BCUT2D eigenvalue weighted by molar-refractivity contribution is 5.80. The van der Waals surface area contributed by atoms with E-state index in [0.717, 1.165) is 48.4 Å². The van der Waals surface area contributed by atoms with Gasteiger partial charge in [0.15, 0.2) is 5.82 Å². The second kappa shape index (κ2) is 6.34. The van der Waals surface area contributed by atoms with Crippen molar-refractivity contribution in [3.05, 3.63) is 35.8 Å². The third kappa shape index (κ3) is 2.55. The van der Waals surface area contributed by atoms with Crippen molar-refractivity contribution in [2.24, 2.45) is 11.3 Å². The summed E-state index contributed by atoms with van der Waals surface area (Å²) in [6, 6.07) is 3.86. The fourth-order valence-corrected chi connectivity index (χ4v) is 4.53. The van der Waals surface area contributed by atoms with Crippen molar-refractivity contribution < 1.29 is 9.53 Å². The molecule has 3 heterocycles. The van der Waals surface area contributed by atoms with E-state index in [1.165, 1.54) is 7.11 Å². The summed E-state index contributed by atoms with van der Waals surface area (Å²) in [6.07, 6.45) is 6.59. The van der Waals surface area contributed by atoms with Gasteiger partial charge in [-0.1, -0.05) is 6.42 Å². The van der Waals surface area contributed by atoms with Crippen molar-refractivity contribution in [1.82, 2.24) is 15.0 Å². The van der Waals surface area contributed by atoms with Crippen LogP contribution in [0.25, 0.3) is 11.4 Å². The van der Waals surface area contributed by atoms with Crippen molar-refractivity contribution in [3.63, 3.8) is 0 Å². The second-order valence-corrected chi connectivity index (χ2v) is 7.44. The minimum atomic E-state index is -0.380. The number of fused-ring (bicyclic) bond motifs is 1. The first-order valence-corrected chi connectivity index (χ1v) is 9.14. The average Bonchev–Trinajstić information content (AvgIpc) is 3.22. The lowest BCUT2D eigenvalue weighted by Gasteiger charge is -2.26. The third-order valence-electron chi connectivity index (χ3n) is 6.05. The number of anilines is 1. The molecule has 0 spiro atoms. The number of nitrogens with zero attached hydrogens (tertiary/aromatic N) is 4. The highest BCUT2D eigenvalue weighted by Crippen LogP contribution is 2.50. The average molecular weight is 352 g/mol. The van der Waals surface area contributed by atoms with E-state index >= 15 is 0 Å². The zero-order chi connectivity index (χ0) is 18.3. The molecule has 2 unspecified atom stereocenters. The number of hydrogen-bond donors (Lipinski definition) is 0. The maximum absolute atomic E-state index is 12.5. The van der Waals surface area contributed by atoms with Crippen molar-refractivity contribution in [2.75, 3.05) is 25.1 Å². The van der Waals surface area contributed by atoms with E-state index in [1.54, 1.807) is 12.4 Å². The predicted octanol–water partition coefficient (Wildman–Crippen LogP) is 2.93. The van der Waals surface area contributed by atoms with Gasteiger partial charge in [0.2, 0.25) is 0 Å². The van der Waals surface area contributed by atoms with E-state index < -0.39 is 0 Å². The zero-order valence-electron chi connectivity index (χ0n) is 15.5. The van der Waals surface area contributed by atoms with Gasteiger partial charge < -0.3 is 9.64 Å². The molecule has 0 bridgehead atoms. The zero-order valence-corrected chi connectivity index (χ0v) is 15.5. The molecule has 0 radical (unpaired) electrons. The minimum Gasteiger partial charge on any atom is -0.469 e. The SMILES string of the molecule is COC(=O)C12CCCC1CN(c1nc(-c3cccnc3)nc(C)c1C)C2. The molecule has 0 N–H and O–H groups in total. The van der Waals surface area contributed by atoms with Crippen molar-refractivity contribution >= 4 is 11.8 Å². The summed E-state index contributed by atoms with van der Waals surface area (Å²) in [4.78, 5) is 28.5. The molecule has 1 saturated carbocycles. The smallest absolute Gasteiger partial charge is 0.313 e. The molecular weight excluding hydrogens is 328 g/mol. The molecule has 0 aromatic carbocycles. The quantitative estimate of drug-likeness (QED) is 0.791. The van der Waals surface area contributed by atoms with E-state index in [1.807, 2.05) is 19.1 Å². The van der Waals surface area contributed by atoms with E-state index in [2.05, 4.69) is 21.8 Å². The van der Waals surface area contributed by atoms with Gasteiger partial charge in [0, 0.05) is 42.3 Å². The number of rotatable bonds is 3. The Bertz CT molecular complexity index is 839. The minimum absolute atomic E-state index is 0.0709. The van der Waals surface area contributed by atoms with Crippen molar-refractivity contribution in [3.8, 4) is 11.4 Å². The van der Waals surface area contributed by atoms with Gasteiger partial charge in [0.1, 0.15) is 5.82 Å². The molecule has 4 rings (SSSR count). The van der Waals surface area contributed by atoms with Crippen LogP contribution in [0.15, 0.2) is 24.5 Å². The van der Waals surface area contributed by atoms with Crippen LogP contribution in [-0.4, -0.2) is 41.1 Å². The maximum Gasteiger partial charge on any atom is 0.313 e. The molecule has 6 nitrogen and oxygen atoms in total. The Labute approximate surface area is 153 Å². The van der Waals surface area contributed by atoms with Gasteiger partial charge in [0.25, 0.3) is 0 Å². The van der Waals surface area contributed by atoms with Gasteiger partial charge >= 0.3 is 5.97 Å². The number of methoxy groups -OCH3 is 1. The number of aryl methyl sites for hydroxylation is 1. The predicted molar refractivity (Wildman–Crippen MR) is 98.7 cm³/mol. The molecule has 6 heteroatoms. The first-order valence-electron chi connectivity index (χ1n) is 9.14. The highest BCUT2D eigenvalue weighted by atomic mass is 16.5. The molecule has 136 valence electrons. The standard InChI is InChI=1S/C20H24N4O2/c1-13-14(2)22-17(15-6-5-9-21-10-15)23-18(13)24-11-16-7-4-8-20(16,12-24)19(25)26-3/h5-6,9-10,16H,4,7-8,11-12H2,1-3H3. The molecule has 2 aromatic rings. The number of hydrogen-bond acceptors (Lipinski definition) is 6. The molecule has 2 atom stereocenters. The number of aromatic nitrogens is 3. The number of carbonyl (C=O) groups excluding carboxylic acids is 1. The van der Waals surface area contributed by atoms with E-state index in [0.29, 0.717) is 18.3 Å². The number of esters is 1. The highest BCUT2D eigenvalue weighted by Gasteiger charge is 2.55. The van der Waals surface area contributed by atoms with Gasteiger partial charge in [0.05, 0.1) is 12.5 Å². The molecular formula is C20H24N4O2. The van der Waals surface area contributed by atoms with Crippen LogP contribution in [0.1, 0.15) is 30.5 Å². The fraction of sp³-hybridized carbons (Fsp3) is 0.500. The van der Waals surface area contributed by atoms with Crippen LogP contribution in [0.2, 0.25) is 0 Å². The molecule has 0 amide bonds. The lowest BCUT2D eigenvalue weighted by molar-refractivity contribution is -0.152. The normalized spacial score (nSPS) is 24.6. The van der Waals surface area contributed by atoms with Gasteiger partial charge in [-0.2, -0.15) is 0 Å². The summed E-state index contributed by atoms with van der Waals surface area (Å²) < 4.78 is 5.16. The van der Waals surface area contributed by atoms with Crippen molar-refractivity contribution in [1.29, 1.82) is 0 Å². The van der Waals surface area contributed by atoms with E-state index in [4.69, 9.17) is 9.72 Å². The Morgan fingerprint density at radius 2 is 2.19 bits per heavy atom. The molecule has 2 fully saturated rings. The summed E-state index contributed by atoms with van der Waals surface area (Å²) in [5, 5.41) is 0. The summed E-state index contributed by atoms with van der Waals surface area (Å²) >= 11 is 0. The summed E-state index contributed by atoms with van der Waals surface area (Å²) in [5.74, 6) is 1.87. The van der Waals surface area contributed by atoms with Crippen LogP contribution in [0.5, 0.6) is 0 Å². The van der Waals surface area contributed by atoms with Crippen LogP contribution in [0, 0.1) is 25.2 Å². The molecule has 2 aromatic heterocycles. The monoisotopic (exact) mass is 352 g/mol. The number of pyridine rings is 1. The van der Waals surface area contributed by atoms with Crippen LogP contribution < -0.4 is 4.90 Å². The maximum atomic E-state index is 12.5. The lowest BCUT2D eigenvalue weighted by Crippen LogP contribution is -2.37. The molecule has 2 aliphatic rings. The first kappa shape index (κ1) is 16.9. The Hall–Kier alpha value is -2.50. The molecule has 26 heavy (non-hydrogen) atoms. The Kier molecular flexibility index (Phi) is 4.13. The first-order chi connectivity index (χ1) is 12.5. The Morgan fingerprint density at radius 3 is 2.92 bits per heavy atom. The van der Waals surface area contributed by atoms with Crippen LogP contribution in [0.4, 0.5) is 5.82 Å². The fourth-order valence-electron chi connectivity index (χ4n) is 4.53. The molecule has 1 saturated heterocycles. The number of carbonyl (C=O) groups is 1.